The summed E-state index contributed by atoms with van der Waals surface area (Å²) in [6, 6.07) is 8.77. The molecule has 0 amide bonds. The van der Waals surface area contributed by atoms with Gasteiger partial charge in [-0.1, -0.05) is 38.1 Å². The molecule has 0 spiro atoms. The van der Waals surface area contributed by atoms with E-state index in [1.807, 2.05) is 0 Å². The van der Waals surface area contributed by atoms with Crippen LogP contribution in [-0.2, 0) is 10.3 Å². The maximum Gasteiger partial charge on any atom is 0.0917 e. The van der Waals surface area contributed by atoms with E-state index in [0.29, 0.717) is 5.92 Å². The predicted molar refractivity (Wildman–Crippen MR) is 72.7 cm³/mol. The number of benzene rings is 1. The van der Waals surface area contributed by atoms with Crippen molar-refractivity contribution in [2.75, 3.05) is 6.61 Å². The fourth-order valence-electron chi connectivity index (χ4n) is 2.42. The number of hydrogen-bond acceptors (Lipinski definition) is 1. The van der Waals surface area contributed by atoms with Gasteiger partial charge in [0.1, 0.15) is 0 Å². The molecule has 1 nitrogen and oxygen atoms in total. The number of rotatable bonds is 2. The molecule has 1 saturated heterocycles. The average molecular weight is 253 g/mol. The van der Waals surface area contributed by atoms with Gasteiger partial charge in [-0.25, -0.2) is 0 Å². The monoisotopic (exact) mass is 252 g/mol. The molecule has 0 bridgehead atoms. The van der Waals surface area contributed by atoms with E-state index >= 15 is 0 Å². The zero-order valence-corrected chi connectivity index (χ0v) is 11.6. The van der Waals surface area contributed by atoms with Crippen molar-refractivity contribution in [3.05, 3.63) is 35.4 Å². The molecule has 0 aliphatic carbocycles. The summed E-state index contributed by atoms with van der Waals surface area (Å²) in [5, 5.41) is 0.235. The van der Waals surface area contributed by atoms with Gasteiger partial charge in [0.15, 0.2) is 0 Å². The van der Waals surface area contributed by atoms with E-state index < -0.39 is 0 Å². The van der Waals surface area contributed by atoms with Gasteiger partial charge in [-0.15, -0.1) is 11.6 Å². The fraction of sp³-hybridized carbons (Fsp3) is 0.600. The van der Waals surface area contributed by atoms with Crippen LogP contribution in [0.2, 0.25) is 0 Å². The second-order valence-electron chi connectivity index (χ2n) is 5.45. The lowest BCUT2D eigenvalue weighted by atomic mass is 9.87. The van der Waals surface area contributed by atoms with Gasteiger partial charge >= 0.3 is 0 Å². The Bertz CT molecular complexity index is 371. The van der Waals surface area contributed by atoms with Gasteiger partial charge in [0.25, 0.3) is 0 Å². The van der Waals surface area contributed by atoms with Crippen LogP contribution in [0, 0.1) is 0 Å². The lowest BCUT2D eigenvalue weighted by molar-refractivity contribution is -0.0684. The summed E-state index contributed by atoms with van der Waals surface area (Å²) in [6.07, 6.45) is 1.86. The van der Waals surface area contributed by atoms with Crippen molar-refractivity contribution in [1.29, 1.82) is 0 Å². The summed E-state index contributed by atoms with van der Waals surface area (Å²) < 4.78 is 5.94. The maximum atomic E-state index is 6.25. The van der Waals surface area contributed by atoms with Gasteiger partial charge in [0.05, 0.1) is 5.60 Å². The highest BCUT2D eigenvalue weighted by Crippen LogP contribution is 2.37. The Hall–Kier alpha value is -0.530. The van der Waals surface area contributed by atoms with Crippen LogP contribution in [0.1, 0.15) is 50.7 Å². The third-order valence-corrected chi connectivity index (χ3v) is 4.02. The lowest BCUT2D eigenvalue weighted by Crippen LogP contribution is -2.35. The number of ether oxygens (including phenoxy) is 1. The Morgan fingerprint density at radius 2 is 1.94 bits per heavy atom. The first-order chi connectivity index (χ1) is 8.01. The van der Waals surface area contributed by atoms with E-state index in [1.165, 1.54) is 11.1 Å². The second-order valence-corrected chi connectivity index (χ2v) is 6.06. The Kier molecular flexibility index (Phi) is 3.79. The maximum absolute atomic E-state index is 6.25. The van der Waals surface area contributed by atoms with E-state index in [9.17, 15) is 0 Å². The Balaban J connectivity index is 2.21. The van der Waals surface area contributed by atoms with Crippen LogP contribution in [0.3, 0.4) is 0 Å². The molecule has 1 aromatic rings. The smallest absolute Gasteiger partial charge is 0.0917 e. The Morgan fingerprint density at radius 3 is 2.47 bits per heavy atom. The SMILES string of the molecule is CC(C)c1ccc(C2(C)CC(Cl)CCO2)cc1. The zero-order valence-electron chi connectivity index (χ0n) is 10.9. The van der Waals surface area contributed by atoms with Crippen LogP contribution in [0.5, 0.6) is 0 Å². The molecule has 2 heteroatoms. The van der Waals surface area contributed by atoms with Crippen molar-refractivity contribution >= 4 is 11.6 Å². The molecule has 17 heavy (non-hydrogen) atoms. The molecule has 1 aromatic carbocycles. The molecule has 0 N–H and O–H groups in total. The van der Waals surface area contributed by atoms with Crippen LogP contribution >= 0.6 is 11.6 Å². The summed E-state index contributed by atoms with van der Waals surface area (Å²) in [7, 11) is 0. The molecule has 0 saturated carbocycles. The third kappa shape index (κ3) is 2.83. The summed E-state index contributed by atoms with van der Waals surface area (Å²) in [6.45, 7) is 7.33. The fourth-order valence-corrected chi connectivity index (χ4v) is 2.80. The second kappa shape index (κ2) is 4.99. The summed E-state index contributed by atoms with van der Waals surface area (Å²) in [5.41, 5.74) is 2.41. The molecule has 1 aliphatic rings. The normalized spacial score (nSPS) is 29.6. The summed E-state index contributed by atoms with van der Waals surface area (Å²) in [5.74, 6) is 0.574. The number of halogens is 1. The largest absolute Gasteiger partial charge is 0.370 e. The van der Waals surface area contributed by atoms with Crippen LogP contribution < -0.4 is 0 Å². The molecule has 0 radical (unpaired) electrons. The Morgan fingerprint density at radius 1 is 1.29 bits per heavy atom. The van der Waals surface area contributed by atoms with Crippen molar-refractivity contribution in [2.24, 2.45) is 0 Å². The van der Waals surface area contributed by atoms with Crippen molar-refractivity contribution in [3.63, 3.8) is 0 Å². The van der Waals surface area contributed by atoms with Crippen molar-refractivity contribution in [3.8, 4) is 0 Å². The van der Waals surface area contributed by atoms with Gasteiger partial charge < -0.3 is 4.74 Å². The zero-order chi connectivity index (χ0) is 12.5. The topological polar surface area (TPSA) is 9.23 Å². The van der Waals surface area contributed by atoms with Gasteiger partial charge in [0, 0.05) is 12.0 Å². The highest BCUT2D eigenvalue weighted by atomic mass is 35.5. The average Bonchev–Trinajstić information content (AvgIpc) is 2.29. The molecule has 0 aromatic heterocycles. The van der Waals surface area contributed by atoms with Crippen molar-refractivity contribution in [1.82, 2.24) is 0 Å². The van der Waals surface area contributed by atoms with Gasteiger partial charge in [-0.2, -0.15) is 0 Å². The minimum absolute atomic E-state index is 0.208. The first-order valence-corrected chi connectivity index (χ1v) is 6.83. The van der Waals surface area contributed by atoms with Crippen molar-refractivity contribution in [2.45, 2.75) is 50.5 Å². The highest BCUT2D eigenvalue weighted by Gasteiger charge is 2.33. The molecule has 2 rings (SSSR count). The molecule has 94 valence electrons. The molecule has 2 atom stereocenters. The highest BCUT2D eigenvalue weighted by molar-refractivity contribution is 6.20. The quantitative estimate of drug-likeness (QED) is 0.707. The number of hydrogen-bond donors (Lipinski definition) is 0. The van der Waals surface area contributed by atoms with Crippen LogP contribution in [0.25, 0.3) is 0 Å². The van der Waals surface area contributed by atoms with Crippen molar-refractivity contribution < 1.29 is 4.74 Å². The van der Waals surface area contributed by atoms with E-state index in [1.54, 1.807) is 0 Å². The van der Waals surface area contributed by atoms with Crippen LogP contribution in [-0.4, -0.2) is 12.0 Å². The molecule has 1 heterocycles. The van der Waals surface area contributed by atoms with Crippen LogP contribution in [0.15, 0.2) is 24.3 Å². The molecular weight excluding hydrogens is 232 g/mol. The molecular formula is C15H21ClO. The first-order valence-electron chi connectivity index (χ1n) is 6.40. The van der Waals surface area contributed by atoms with Crippen LogP contribution in [0.4, 0.5) is 0 Å². The minimum atomic E-state index is -0.208. The standard InChI is InChI=1S/C15H21ClO/c1-11(2)12-4-6-13(7-5-12)15(3)10-14(16)8-9-17-15/h4-7,11,14H,8-10H2,1-3H3. The molecule has 1 fully saturated rings. The van der Waals surface area contributed by atoms with Gasteiger partial charge in [-0.05, 0) is 36.8 Å². The third-order valence-electron chi connectivity index (χ3n) is 3.65. The minimum Gasteiger partial charge on any atom is -0.370 e. The van der Waals surface area contributed by atoms with E-state index in [0.717, 1.165) is 19.4 Å². The summed E-state index contributed by atoms with van der Waals surface area (Å²) >= 11 is 6.25. The molecule has 1 aliphatic heterocycles. The van der Waals surface area contributed by atoms with E-state index in [-0.39, 0.29) is 11.0 Å². The van der Waals surface area contributed by atoms with Gasteiger partial charge in [-0.3, -0.25) is 0 Å². The van der Waals surface area contributed by atoms with E-state index in [2.05, 4.69) is 45.0 Å². The predicted octanol–water partition coefficient (Wildman–Crippen LogP) is 4.44. The van der Waals surface area contributed by atoms with Gasteiger partial charge in [0.2, 0.25) is 0 Å². The Labute approximate surface area is 109 Å². The number of alkyl halides is 1. The summed E-state index contributed by atoms with van der Waals surface area (Å²) in [4.78, 5) is 0. The molecule has 2 unspecified atom stereocenters. The van der Waals surface area contributed by atoms with E-state index in [4.69, 9.17) is 16.3 Å². The lowest BCUT2D eigenvalue weighted by Gasteiger charge is -2.36. The first kappa shape index (κ1) is 12.9.